The zero-order valence-corrected chi connectivity index (χ0v) is 18.4. The Labute approximate surface area is 170 Å². The van der Waals surface area contributed by atoms with Gasteiger partial charge < -0.3 is 9.22 Å². The van der Waals surface area contributed by atoms with E-state index in [1.54, 1.807) is 0 Å². The van der Waals surface area contributed by atoms with Crippen molar-refractivity contribution in [2.24, 2.45) is 17.3 Å². The van der Waals surface area contributed by atoms with Crippen molar-refractivity contribution in [2.45, 2.75) is 51.5 Å². The van der Waals surface area contributed by atoms with Crippen molar-refractivity contribution in [3.05, 3.63) is 60.7 Å². The van der Waals surface area contributed by atoms with Gasteiger partial charge in [-0.2, -0.15) is 0 Å². The van der Waals surface area contributed by atoms with Crippen molar-refractivity contribution in [2.75, 3.05) is 6.61 Å². The molecule has 2 aromatic rings. The highest BCUT2D eigenvalue weighted by Gasteiger charge is 2.58. The molecule has 2 aliphatic carbocycles. The molecule has 2 atom stereocenters. The Morgan fingerprint density at radius 1 is 1.00 bits per heavy atom. The monoisotopic (exact) mass is 392 g/mol. The van der Waals surface area contributed by atoms with Gasteiger partial charge >= 0.3 is 0 Å². The summed E-state index contributed by atoms with van der Waals surface area (Å²) < 4.78 is 7.11. The van der Waals surface area contributed by atoms with Crippen LogP contribution in [0.25, 0.3) is 0 Å². The number of rotatable bonds is 6. The van der Waals surface area contributed by atoms with Crippen LogP contribution in [0, 0.1) is 17.3 Å². The molecule has 0 N–H and O–H groups in total. The Kier molecular flexibility index (Phi) is 5.09. The largest absolute Gasteiger partial charge is 0.407 e. The number of hydrogen-bond acceptors (Lipinski definition) is 2. The molecule has 2 unspecified atom stereocenters. The molecule has 3 heteroatoms. The Morgan fingerprint density at radius 3 is 1.93 bits per heavy atom. The Bertz CT molecular complexity index is 766. The summed E-state index contributed by atoms with van der Waals surface area (Å²) in [4.78, 5) is 11.6. The predicted octanol–water partition coefficient (Wildman–Crippen LogP) is 4.57. The molecule has 148 valence electrons. The van der Waals surface area contributed by atoms with Crippen LogP contribution in [-0.4, -0.2) is 21.2 Å². The Balaban J connectivity index is 1.74. The first kappa shape index (κ1) is 19.6. The SMILES string of the molecule is CC(C)(C)[Si](OCC1C(C=O)CC12CCC2)(c1ccccc1)c1ccccc1. The number of benzene rings is 2. The van der Waals surface area contributed by atoms with Crippen LogP contribution < -0.4 is 10.4 Å². The lowest BCUT2D eigenvalue weighted by molar-refractivity contribution is -0.145. The van der Waals surface area contributed by atoms with Gasteiger partial charge in [0.05, 0.1) is 0 Å². The van der Waals surface area contributed by atoms with E-state index >= 15 is 0 Å². The molecule has 2 aliphatic rings. The van der Waals surface area contributed by atoms with Gasteiger partial charge in [0.25, 0.3) is 8.32 Å². The summed E-state index contributed by atoms with van der Waals surface area (Å²) in [7, 11) is -2.50. The van der Waals surface area contributed by atoms with E-state index in [1.807, 2.05) is 0 Å². The molecule has 4 rings (SSSR count). The van der Waals surface area contributed by atoms with E-state index < -0.39 is 8.32 Å². The van der Waals surface area contributed by atoms with Crippen molar-refractivity contribution < 1.29 is 9.22 Å². The van der Waals surface area contributed by atoms with Crippen LogP contribution in [0.1, 0.15) is 46.5 Å². The van der Waals surface area contributed by atoms with E-state index in [4.69, 9.17) is 4.43 Å². The lowest BCUT2D eigenvalue weighted by atomic mass is 9.46. The van der Waals surface area contributed by atoms with Crippen molar-refractivity contribution in [3.8, 4) is 0 Å². The zero-order chi connectivity index (χ0) is 19.8. The van der Waals surface area contributed by atoms with Crippen LogP contribution in [0.5, 0.6) is 0 Å². The van der Waals surface area contributed by atoms with Crippen LogP contribution in [0.15, 0.2) is 60.7 Å². The van der Waals surface area contributed by atoms with E-state index in [2.05, 4.69) is 81.4 Å². The lowest BCUT2D eigenvalue weighted by Gasteiger charge is -2.60. The average Bonchev–Trinajstić information content (AvgIpc) is 2.64. The first-order valence-corrected chi connectivity index (χ1v) is 12.5. The molecule has 0 bridgehead atoms. The second-order valence-corrected chi connectivity index (χ2v) is 14.1. The normalized spacial score (nSPS) is 23.7. The third kappa shape index (κ3) is 3.00. The Morgan fingerprint density at radius 2 is 1.54 bits per heavy atom. The van der Waals surface area contributed by atoms with Crippen LogP contribution in [0.4, 0.5) is 0 Å². The molecule has 0 aromatic heterocycles. The van der Waals surface area contributed by atoms with Gasteiger partial charge in [0.2, 0.25) is 0 Å². The predicted molar refractivity (Wildman–Crippen MR) is 118 cm³/mol. The topological polar surface area (TPSA) is 26.3 Å². The third-order valence-corrected chi connectivity index (χ3v) is 12.4. The first-order chi connectivity index (χ1) is 13.4. The summed E-state index contributed by atoms with van der Waals surface area (Å²) in [5, 5.41) is 2.62. The second kappa shape index (κ2) is 7.27. The van der Waals surface area contributed by atoms with Crippen LogP contribution in [0.3, 0.4) is 0 Å². The molecule has 0 amide bonds. The summed E-state index contributed by atoms with van der Waals surface area (Å²) >= 11 is 0. The molecule has 2 aromatic carbocycles. The zero-order valence-electron chi connectivity index (χ0n) is 17.4. The van der Waals surface area contributed by atoms with Gasteiger partial charge in [0, 0.05) is 12.5 Å². The van der Waals surface area contributed by atoms with Crippen molar-refractivity contribution in [1.29, 1.82) is 0 Å². The van der Waals surface area contributed by atoms with E-state index in [0.717, 1.165) is 6.42 Å². The molecule has 0 radical (unpaired) electrons. The van der Waals surface area contributed by atoms with Gasteiger partial charge in [-0.15, -0.1) is 0 Å². The average molecular weight is 393 g/mol. The second-order valence-electron chi connectivity index (χ2n) is 9.80. The van der Waals surface area contributed by atoms with E-state index in [1.165, 1.54) is 35.9 Å². The maximum absolute atomic E-state index is 11.6. The Hall–Kier alpha value is -1.71. The van der Waals surface area contributed by atoms with Gasteiger partial charge in [0.15, 0.2) is 0 Å². The summed E-state index contributed by atoms with van der Waals surface area (Å²) in [5.74, 6) is 0.568. The van der Waals surface area contributed by atoms with Crippen LogP contribution >= 0.6 is 0 Å². The number of hydrogen-bond donors (Lipinski definition) is 0. The van der Waals surface area contributed by atoms with Crippen molar-refractivity contribution in [3.63, 3.8) is 0 Å². The standard InChI is InChI=1S/C25H32O2Si/c1-24(2,3)28(21-11-6-4-7-12-21,22-13-8-5-9-14-22)27-19-23-20(18-26)17-25(23)15-10-16-25/h4-9,11-14,18,20,23H,10,15-17,19H2,1-3H3. The highest BCUT2D eigenvalue weighted by Crippen LogP contribution is 2.62. The number of aldehydes is 1. The quantitative estimate of drug-likeness (QED) is 0.532. The summed E-state index contributed by atoms with van der Waals surface area (Å²) in [6.45, 7) is 7.65. The molecular formula is C25H32O2Si. The molecule has 2 saturated carbocycles. The van der Waals surface area contributed by atoms with Crippen molar-refractivity contribution in [1.82, 2.24) is 0 Å². The van der Waals surface area contributed by atoms with Crippen LogP contribution in [-0.2, 0) is 9.22 Å². The maximum Gasteiger partial charge on any atom is 0.261 e. The smallest absolute Gasteiger partial charge is 0.261 e. The minimum atomic E-state index is -2.50. The minimum absolute atomic E-state index is 0.0110. The first-order valence-electron chi connectivity index (χ1n) is 10.6. The van der Waals surface area contributed by atoms with Crippen molar-refractivity contribution >= 4 is 25.0 Å². The fourth-order valence-corrected chi connectivity index (χ4v) is 10.3. The van der Waals surface area contributed by atoms with Gasteiger partial charge in [-0.1, -0.05) is 87.9 Å². The molecular weight excluding hydrogens is 360 g/mol. The van der Waals surface area contributed by atoms with E-state index in [-0.39, 0.29) is 11.0 Å². The van der Waals surface area contributed by atoms with Gasteiger partial charge in [0.1, 0.15) is 6.29 Å². The summed E-state index contributed by atoms with van der Waals surface area (Å²) in [6, 6.07) is 21.6. The molecule has 0 aliphatic heterocycles. The fraction of sp³-hybridized carbons (Fsp3) is 0.480. The van der Waals surface area contributed by atoms with Crippen LogP contribution in [0.2, 0.25) is 5.04 Å². The number of carbonyl (C=O) groups excluding carboxylic acids is 1. The van der Waals surface area contributed by atoms with Gasteiger partial charge in [-0.3, -0.25) is 0 Å². The highest BCUT2D eigenvalue weighted by atomic mass is 28.4. The number of carbonyl (C=O) groups is 1. The van der Waals surface area contributed by atoms with Gasteiger partial charge in [-0.25, -0.2) is 0 Å². The van der Waals surface area contributed by atoms with Gasteiger partial charge in [-0.05, 0) is 46.0 Å². The molecule has 28 heavy (non-hydrogen) atoms. The molecule has 0 saturated heterocycles. The third-order valence-electron chi connectivity index (χ3n) is 7.37. The summed E-state index contributed by atoms with van der Waals surface area (Å²) in [5.41, 5.74) is 0.386. The molecule has 1 spiro atoms. The van der Waals surface area contributed by atoms with E-state index in [9.17, 15) is 4.79 Å². The highest BCUT2D eigenvalue weighted by molar-refractivity contribution is 6.99. The van der Waals surface area contributed by atoms with E-state index in [0.29, 0.717) is 17.9 Å². The minimum Gasteiger partial charge on any atom is -0.407 e. The molecule has 2 nitrogen and oxygen atoms in total. The molecule has 2 fully saturated rings. The maximum atomic E-state index is 11.6. The fourth-order valence-electron chi connectivity index (χ4n) is 5.68. The molecule has 0 heterocycles. The lowest BCUT2D eigenvalue weighted by Crippen LogP contribution is -2.68. The summed E-state index contributed by atoms with van der Waals surface area (Å²) in [6.07, 6.45) is 6.10.